The summed E-state index contributed by atoms with van der Waals surface area (Å²) in [4.78, 5) is 0. The van der Waals surface area contributed by atoms with Crippen molar-refractivity contribution in [3.05, 3.63) is 58.0 Å². The Labute approximate surface area is 136 Å². The van der Waals surface area contributed by atoms with Gasteiger partial charge in [-0.25, -0.2) is 0 Å². The van der Waals surface area contributed by atoms with Gasteiger partial charge in [0, 0.05) is 0 Å². The zero-order valence-electron chi connectivity index (χ0n) is 11.3. The second-order valence-electron chi connectivity index (χ2n) is 4.54. The molecule has 0 heterocycles. The third-order valence-electron chi connectivity index (χ3n) is 2.90. The van der Waals surface area contributed by atoms with Crippen LogP contribution in [-0.4, -0.2) is 6.19 Å². The van der Waals surface area contributed by atoms with Crippen LogP contribution in [0.1, 0.15) is 12.0 Å². The summed E-state index contributed by atoms with van der Waals surface area (Å²) in [5, 5.41) is 0. The van der Waals surface area contributed by atoms with Crippen molar-refractivity contribution < 1.29 is 40.9 Å². The van der Waals surface area contributed by atoms with Crippen LogP contribution < -0.4 is 24.8 Å². The van der Waals surface area contributed by atoms with Crippen LogP contribution in [0.25, 0.3) is 0 Å². The molecule has 0 saturated carbocycles. The number of hydrogen-bond acceptors (Lipinski definition) is 0. The molecule has 1 aliphatic carbocycles. The van der Waals surface area contributed by atoms with Gasteiger partial charge in [0.1, 0.15) is 0 Å². The van der Waals surface area contributed by atoms with Crippen LogP contribution in [0.3, 0.4) is 0 Å². The fourth-order valence-electron chi connectivity index (χ4n) is 2.03. The van der Waals surface area contributed by atoms with Crippen LogP contribution in [0.2, 0.25) is 13.1 Å². The van der Waals surface area contributed by atoms with E-state index in [2.05, 4.69) is 61.7 Å². The van der Waals surface area contributed by atoms with E-state index < -0.39 is 16.1 Å². The van der Waals surface area contributed by atoms with Crippen molar-refractivity contribution in [2.24, 2.45) is 0 Å². The summed E-state index contributed by atoms with van der Waals surface area (Å²) in [6, 6.07) is 11.0. The second-order valence-corrected chi connectivity index (χ2v) is 21.9. The Kier molecular flexibility index (Phi) is 10.7. The first kappa shape index (κ1) is 19.6. The van der Waals surface area contributed by atoms with E-state index in [1.807, 2.05) is 3.88 Å². The molecule has 1 atom stereocenters. The van der Waals surface area contributed by atoms with Crippen LogP contribution in [0.15, 0.2) is 52.4 Å². The minimum absolute atomic E-state index is 0. The molecular weight excluding hydrogens is 346 g/mol. The first-order chi connectivity index (χ1) is 8.27. The molecule has 2 rings (SSSR count). The molecule has 1 aliphatic rings. The molecule has 0 aliphatic heterocycles. The molecule has 1 aromatic rings. The second kappa shape index (κ2) is 10.4. The van der Waals surface area contributed by atoms with Crippen LogP contribution in [-0.2, 0) is 22.3 Å². The molecule has 5 heteroatoms. The monoisotopic (exact) mass is 364 g/mol. The molecule has 102 valence electrons. The topological polar surface area (TPSA) is 0 Å². The summed E-state index contributed by atoms with van der Waals surface area (Å²) in [6.07, 6.45) is 9.56. The van der Waals surface area contributed by atoms with Crippen molar-refractivity contribution in [2.45, 2.75) is 25.7 Å². The van der Waals surface area contributed by atoms with Crippen LogP contribution in [0.5, 0.6) is 0 Å². The zero-order valence-corrected chi connectivity index (χ0v) is 16.4. The third-order valence-corrected chi connectivity index (χ3v) is 24.6. The van der Waals surface area contributed by atoms with E-state index in [0.29, 0.717) is 0 Å². The summed E-state index contributed by atoms with van der Waals surface area (Å²) in [7, 11) is 0. The van der Waals surface area contributed by atoms with Crippen molar-refractivity contribution in [1.29, 1.82) is 0 Å². The van der Waals surface area contributed by atoms with E-state index in [0.717, 1.165) is 0 Å². The molecule has 1 aromatic carbocycles. The molecule has 0 amide bonds. The predicted octanol–water partition coefficient (Wildman–Crippen LogP) is -1.50. The fourth-order valence-corrected chi connectivity index (χ4v) is 19.3. The summed E-state index contributed by atoms with van der Waals surface area (Å²) in [5.41, 5.74) is 1.53. The quantitative estimate of drug-likeness (QED) is 0.450. The largest absolute Gasteiger partial charge is 1.00 e. The molecule has 19 heavy (non-hydrogen) atoms. The Morgan fingerprint density at radius 2 is 1.84 bits per heavy atom. The van der Waals surface area contributed by atoms with Gasteiger partial charge in [0.15, 0.2) is 0 Å². The maximum atomic E-state index is 2.52. The van der Waals surface area contributed by atoms with Crippen LogP contribution in [0.4, 0.5) is 0 Å². The fraction of sp³-hybridized carbons (Fsp3) is 0.286. The van der Waals surface area contributed by atoms with Gasteiger partial charge in [0.2, 0.25) is 0 Å². The van der Waals surface area contributed by atoms with Gasteiger partial charge in [0.25, 0.3) is 0 Å². The normalized spacial score (nSPS) is 12.4. The smallest absolute Gasteiger partial charge is 1.00 e. The summed E-state index contributed by atoms with van der Waals surface area (Å²) in [6.45, 7) is 6.27. The van der Waals surface area contributed by atoms with E-state index in [9.17, 15) is 0 Å². The Morgan fingerprint density at radius 3 is 2.37 bits per heavy atom. The number of rotatable bonds is 4. The SMILES string of the molecule is C[Si](C)=[Ti+2]([PH]Cc1ccccc1)[C]1=CC=CC1.[Cl-].[Cl-]. The Morgan fingerprint density at radius 1 is 1.16 bits per heavy atom. The van der Waals surface area contributed by atoms with E-state index in [4.69, 9.17) is 0 Å². The average Bonchev–Trinajstić information content (AvgIpc) is 2.84. The van der Waals surface area contributed by atoms with E-state index in [1.165, 1.54) is 24.7 Å². The Bertz CT molecular complexity index is 479. The zero-order chi connectivity index (χ0) is 12.1. The molecule has 1 unspecified atom stereocenters. The minimum atomic E-state index is -0.895. The van der Waals surface area contributed by atoms with Gasteiger partial charge in [-0.1, -0.05) is 0 Å². The molecule has 0 radical (unpaired) electrons. The summed E-state index contributed by atoms with van der Waals surface area (Å²) >= 11 is -0.895. The van der Waals surface area contributed by atoms with Crippen molar-refractivity contribution in [3.8, 4) is 0 Å². The van der Waals surface area contributed by atoms with Gasteiger partial charge >= 0.3 is 113 Å². The molecule has 0 N–H and O–H groups in total. The maximum absolute atomic E-state index is 2.52. The minimum Gasteiger partial charge on any atom is -1.00 e. The van der Waals surface area contributed by atoms with Crippen molar-refractivity contribution in [2.75, 3.05) is 0 Å². The number of hydrogen-bond donors (Lipinski definition) is 0. The van der Waals surface area contributed by atoms with Gasteiger partial charge in [-0.15, -0.1) is 0 Å². The number of benzene rings is 1. The Balaban J connectivity index is 0.00000162. The van der Waals surface area contributed by atoms with E-state index >= 15 is 0 Å². The van der Waals surface area contributed by atoms with E-state index in [-0.39, 0.29) is 31.0 Å². The molecule has 0 aromatic heterocycles. The average molecular weight is 365 g/mol. The number of halogens is 2. The predicted molar refractivity (Wildman–Crippen MR) is 77.8 cm³/mol. The molecule has 0 fully saturated rings. The first-order valence-electron chi connectivity index (χ1n) is 6.08. The molecule has 0 saturated heterocycles. The van der Waals surface area contributed by atoms with Crippen molar-refractivity contribution in [1.82, 2.24) is 0 Å². The van der Waals surface area contributed by atoms with Gasteiger partial charge in [-0.05, 0) is 0 Å². The summed E-state index contributed by atoms with van der Waals surface area (Å²) < 4.78 is 1.85. The van der Waals surface area contributed by atoms with Gasteiger partial charge < -0.3 is 24.8 Å². The van der Waals surface area contributed by atoms with Crippen LogP contribution >= 0.6 is 6.57 Å². The van der Waals surface area contributed by atoms with Crippen molar-refractivity contribution >= 4 is 12.8 Å². The van der Waals surface area contributed by atoms with E-state index in [1.54, 1.807) is 0 Å². The maximum Gasteiger partial charge on any atom is -1.00 e. The standard InChI is InChI=1S/C7H8P.C5H5.C2H6Si.2ClH.Ti/c8-6-7-4-2-1-3-5-7;1-2-4-5-3-1;1-3-2;;;/h1-5,8H,6H2;1-3H,4H2;1-2H3;2*1H;/q-1;;;;;+3/p-2. The molecule has 0 bridgehead atoms. The molecular formula is C14H19Cl2PSiTi. The Hall–Kier alpha value is 0.641. The summed E-state index contributed by atoms with van der Waals surface area (Å²) in [5.74, 6) is 0. The van der Waals surface area contributed by atoms with Gasteiger partial charge in [0.05, 0.1) is 0 Å². The van der Waals surface area contributed by atoms with Crippen LogP contribution in [0, 0.1) is 0 Å². The third kappa shape index (κ3) is 6.29. The van der Waals surface area contributed by atoms with Gasteiger partial charge in [-0.2, -0.15) is 0 Å². The molecule has 0 spiro atoms. The van der Waals surface area contributed by atoms with Gasteiger partial charge in [-0.3, -0.25) is 0 Å². The van der Waals surface area contributed by atoms with Crippen molar-refractivity contribution in [3.63, 3.8) is 0 Å². The first-order valence-corrected chi connectivity index (χ1v) is 15.3. The molecule has 0 nitrogen and oxygen atoms in total. The number of allylic oxidation sites excluding steroid dienone is 4.